The van der Waals surface area contributed by atoms with Crippen LogP contribution in [0.1, 0.15) is 31.2 Å². The van der Waals surface area contributed by atoms with Crippen LogP contribution in [0.5, 0.6) is 0 Å². The predicted molar refractivity (Wildman–Crippen MR) is 106 cm³/mol. The van der Waals surface area contributed by atoms with E-state index in [0.29, 0.717) is 12.3 Å². The third-order valence-corrected chi connectivity index (χ3v) is 5.30. The van der Waals surface area contributed by atoms with Crippen LogP contribution in [0, 0.1) is 12.8 Å². The molecule has 2 N–H and O–H groups in total. The van der Waals surface area contributed by atoms with Crippen LogP contribution >= 0.6 is 36.2 Å². The van der Waals surface area contributed by atoms with Gasteiger partial charge < -0.3 is 15.1 Å². The topological polar surface area (TPSA) is 72.4 Å². The van der Waals surface area contributed by atoms with E-state index < -0.39 is 0 Å². The van der Waals surface area contributed by atoms with Crippen molar-refractivity contribution in [3.05, 3.63) is 29.0 Å². The van der Waals surface area contributed by atoms with Gasteiger partial charge in [0.05, 0.1) is 12.1 Å². The van der Waals surface area contributed by atoms with Gasteiger partial charge in [-0.2, -0.15) is 0 Å². The number of nitrogens with two attached hydrogens (primary N) is 1. The second-order valence-electron chi connectivity index (χ2n) is 6.33. The highest BCUT2D eigenvalue weighted by Crippen LogP contribution is 2.26. The molecule has 0 aromatic carbocycles. The third kappa shape index (κ3) is 5.45. The van der Waals surface area contributed by atoms with Crippen molar-refractivity contribution in [2.75, 3.05) is 13.1 Å². The first-order valence-electron chi connectivity index (χ1n) is 8.07. The van der Waals surface area contributed by atoms with E-state index in [2.05, 4.69) is 4.98 Å². The molecule has 1 aliphatic rings. The molecule has 140 valence electrons. The highest BCUT2D eigenvalue weighted by atomic mass is 35.5. The molecule has 2 atom stereocenters. The van der Waals surface area contributed by atoms with E-state index in [1.807, 2.05) is 36.3 Å². The van der Waals surface area contributed by atoms with Gasteiger partial charge in [0, 0.05) is 24.5 Å². The van der Waals surface area contributed by atoms with Gasteiger partial charge in [0.2, 0.25) is 5.91 Å². The summed E-state index contributed by atoms with van der Waals surface area (Å²) in [7, 11) is 0. The molecule has 3 rings (SSSR count). The standard InChI is InChI=1S/C17H23N3O2S.2ClH/c1-11-5-6-15(22-11)17-19-14(10-23-17)8-16(21)20-7-3-4-13(9-20)12(2)18;;/h5-6,10,12-13H,3-4,7-9,18H2,1-2H3;2*1H. The zero-order valence-electron chi connectivity index (χ0n) is 14.4. The Morgan fingerprint density at radius 2 is 2.24 bits per heavy atom. The molecular formula is C17H25Cl2N3O2S. The molecule has 0 bridgehead atoms. The number of rotatable bonds is 4. The first-order chi connectivity index (χ1) is 11.0. The lowest BCUT2D eigenvalue weighted by molar-refractivity contribution is -0.132. The number of halogens is 2. The largest absolute Gasteiger partial charge is 0.459 e. The number of piperidine rings is 1. The molecule has 8 heteroatoms. The van der Waals surface area contributed by atoms with Crippen LogP contribution in [0.3, 0.4) is 0 Å². The summed E-state index contributed by atoms with van der Waals surface area (Å²) in [5, 5.41) is 2.77. The number of furan rings is 1. The van der Waals surface area contributed by atoms with Crippen molar-refractivity contribution < 1.29 is 9.21 Å². The predicted octanol–water partition coefficient (Wildman–Crippen LogP) is 3.68. The number of thiazole rings is 1. The summed E-state index contributed by atoms with van der Waals surface area (Å²) in [4.78, 5) is 19.0. The molecule has 1 fully saturated rings. The number of hydrogen-bond acceptors (Lipinski definition) is 5. The number of hydrogen-bond donors (Lipinski definition) is 1. The summed E-state index contributed by atoms with van der Waals surface area (Å²) in [5.41, 5.74) is 6.80. The second kappa shape index (κ2) is 9.57. The van der Waals surface area contributed by atoms with Crippen molar-refractivity contribution in [2.45, 2.75) is 39.2 Å². The van der Waals surface area contributed by atoms with E-state index >= 15 is 0 Å². The lowest BCUT2D eigenvalue weighted by Crippen LogP contribution is -2.45. The number of aromatic nitrogens is 1. The number of likely N-dealkylation sites (tertiary alicyclic amines) is 1. The Morgan fingerprint density at radius 1 is 1.48 bits per heavy atom. The summed E-state index contributed by atoms with van der Waals surface area (Å²) in [5.74, 6) is 2.18. The summed E-state index contributed by atoms with van der Waals surface area (Å²) in [6, 6.07) is 3.97. The first-order valence-corrected chi connectivity index (χ1v) is 8.95. The highest BCUT2D eigenvalue weighted by molar-refractivity contribution is 7.13. The van der Waals surface area contributed by atoms with Crippen LogP contribution in [0.25, 0.3) is 10.8 Å². The van der Waals surface area contributed by atoms with Gasteiger partial charge in [-0.3, -0.25) is 4.79 Å². The lowest BCUT2D eigenvalue weighted by Gasteiger charge is -2.34. The van der Waals surface area contributed by atoms with Gasteiger partial charge in [0.15, 0.2) is 10.8 Å². The van der Waals surface area contributed by atoms with E-state index in [9.17, 15) is 4.79 Å². The summed E-state index contributed by atoms with van der Waals surface area (Å²) < 4.78 is 5.58. The third-order valence-electron chi connectivity index (χ3n) is 4.39. The number of aryl methyl sites for hydroxylation is 1. The zero-order chi connectivity index (χ0) is 16.4. The zero-order valence-corrected chi connectivity index (χ0v) is 16.9. The molecule has 2 unspecified atom stereocenters. The number of carbonyl (C=O) groups excluding carboxylic acids is 1. The van der Waals surface area contributed by atoms with Crippen LogP contribution in [0.4, 0.5) is 0 Å². The molecule has 3 heterocycles. The smallest absolute Gasteiger partial charge is 0.228 e. The first kappa shape index (κ1) is 22.0. The van der Waals surface area contributed by atoms with E-state index in [4.69, 9.17) is 10.2 Å². The summed E-state index contributed by atoms with van der Waals surface area (Å²) in [6.45, 7) is 5.53. The van der Waals surface area contributed by atoms with Crippen molar-refractivity contribution in [3.8, 4) is 10.8 Å². The Balaban J connectivity index is 0.00000156. The molecule has 0 saturated carbocycles. The minimum Gasteiger partial charge on any atom is -0.459 e. The monoisotopic (exact) mass is 405 g/mol. The fourth-order valence-electron chi connectivity index (χ4n) is 2.98. The van der Waals surface area contributed by atoms with Crippen molar-refractivity contribution in [3.63, 3.8) is 0 Å². The van der Waals surface area contributed by atoms with Gasteiger partial charge in [-0.1, -0.05) is 0 Å². The van der Waals surface area contributed by atoms with E-state index in [-0.39, 0.29) is 36.8 Å². The Morgan fingerprint density at radius 3 is 2.88 bits per heavy atom. The van der Waals surface area contributed by atoms with Crippen molar-refractivity contribution in [1.29, 1.82) is 0 Å². The van der Waals surface area contributed by atoms with Gasteiger partial charge in [-0.05, 0) is 44.7 Å². The van der Waals surface area contributed by atoms with Crippen molar-refractivity contribution in [2.24, 2.45) is 11.7 Å². The second-order valence-corrected chi connectivity index (χ2v) is 7.19. The fourth-order valence-corrected chi connectivity index (χ4v) is 3.76. The fraction of sp³-hybridized carbons (Fsp3) is 0.529. The maximum absolute atomic E-state index is 12.5. The molecule has 0 radical (unpaired) electrons. The molecule has 5 nitrogen and oxygen atoms in total. The quantitative estimate of drug-likeness (QED) is 0.841. The minimum atomic E-state index is 0. The summed E-state index contributed by atoms with van der Waals surface area (Å²) >= 11 is 1.51. The van der Waals surface area contributed by atoms with Crippen LogP contribution < -0.4 is 5.73 Å². The molecule has 0 aliphatic carbocycles. The van der Waals surface area contributed by atoms with Crippen LogP contribution in [0.15, 0.2) is 21.9 Å². The molecular weight excluding hydrogens is 381 g/mol. The highest BCUT2D eigenvalue weighted by Gasteiger charge is 2.26. The lowest BCUT2D eigenvalue weighted by atomic mass is 9.92. The SMILES string of the molecule is Cc1ccc(-c2nc(CC(=O)N3CCCC(C(C)N)C3)cs2)o1.Cl.Cl. The Kier molecular flexibility index (Phi) is 8.41. The van der Waals surface area contributed by atoms with E-state index in [0.717, 1.165) is 48.2 Å². The van der Waals surface area contributed by atoms with Gasteiger partial charge in [-0.15, -0.1) is 36.2 Å². The molecule has 1 amide bonds. The molecule has 0 spiro atoms. The van der Waals surface area contributed by atoms with Gasteiger partial charge in [-0.25, -0.2) is 4.98 Å². The maximum Gasteiger partial charge on any atom is 0.228 e. The van der Waals surface area contributed by atoms with Gasteiger partial charge >= 0.3 is 0 Å². The molecule has 2 aromatic rings. The van der Waals surface area contributed by atoms with Crippen LogP contribution in [-0.4, -0.2) is 34.9 Å². The molecule has 25 heavy (non-hydrogen) atoms. The average Bonchev–Trinajstić information content (AvgIpc) is 3.16. The molecule has 2 aromatic heterocycles. The Labute approximate surface area is 164 Å². The van der Waals surface area contributed by atoms with Crippen molar-refractivity contribution in [1.82, 2.24) is 9.88 Å². The van der Waals surface area contributed by atoms with E-state index in [1.54, 1.807) is 0 Å². The number of nitrogens with zero attached hydrogens (tertiary/aromatic N) is 2. The van der Waals surface area contributed by atoms with Gasteiger partial charge in [0.25, 0.3) is 0 Å². The Bertz CT molecular complexity index is 687. The number of amides is 1. The Hall–Kier alpha value is -1.08. The summed E-state index contributed by atoms with van der Waals surface area (Å²) in [6.07, 6.45) is 2.49. The molecule has 1 saturated heterocycles. The molecule has 1 aliphatic heterocycles. The van der Waals surface area contributed by atoms with E-state index in [1.165, 1.54) is 11.3 Å². The van der Waals surface area contributed by atoms with Crippen LogP contribution in [0.2, 0.25) is 0 Å². The minimum absolute atomic E-state index is 0. The maximum atomic E-state index is 12.5. The van der Waals surface area contributed by atoms with Crippen LogP contribution in [-0.2, 0) is 11.2 Å². The number of carbonyl (C=O) groups is 1. The normalized spacial score (nSPS) is 18.2. The van der Waals surface area contributed by atoms with Gasteiger partial charge in [0.1, 0.15) is 5.76 Å². The average molecular weight is 406 g/mol. The van der Waals surface area contributed by atoms with Crippen molar-refractivity contribution >= 4 is 42.1 Å².